The third-order valence-electron chi connectivity index (χ3n) is 6.89. The summed E-state index contributed by atoms with van der Waals surface area (Å²) in [6.07, 6.45) is 8.25. The van der Waals surface area contributed by atoms with E-state index >= 15 is 0 Å². The second-order valence-electron chi connectivity index (χ2n) is 9.32. The van der Waals surface area contributed by atoms with Gasteiger partial charge in [0, 0.05) is 11.1 Å². The molecule has 0 aliphatic rings. The first kappa shape index (κ1) is 23.4. The van der Waals surface area contributed by atoms with Crippen LogP contribution in [0.3, 0.4) is 0 Å². The van der Waals surface area contributed by atoms with Crippen LogP contribution in [-0.4, -0.2) is 5.78 Å². The largest absolute Gasteiger partial charge is 0.289 e. The zero-order valence-corrected chi connectivity index (χ0v) is 20.9. The smallest absolute Gasteiger partial charge is 0.195 e. The minimum atomic E-state index is 0.0269. The molecule has 6 aromatic rings. The second kappa shape index (κ2) is 10.5. The van der Waals surface area contributed by atoms with E-state index in [0.717, 1.165) is 54.9 Å². The van der Waals surface area contributed by atoms with E-state index in [4.69, 9.17) is 0 Å². The van der Waals surface area contributed by atoms with Gasteiger partial charge >= 0.3 is 0 Å². The van der Waals surface area contributed by atoms with Gasteiger partial charge in [-0.3, -0.25) is 4.79 Å². The Morgan fingerprint density at radius 1 is 0.395 bits per heavy atom. The minimum absolute atomic E-state index is 0.0269. The molecule has 0 aliphatic heterocycles. The molecule has 0 N–H and O–H groups in total. The van der Waals surface area contributed by atoms with Gasteiger partial charge in [0.1, 0.15) is 0 Å². The number of carbonyl (C=O) groups excluding carboxylic acids is 1. The van der Waals surface area contributed by atoms with E-state index in [1.165, 1.54) is 0 Å². The maximum atomic E-state index is 14.7. The Labute approximate surface area is 223 Å². The number of hydrogen-bond donors (Lipinski definition) is 0. The van der Waals surface area contributed by atoms with Crippen molar-refractivity contribution in [1.29, 1.82) is 0 Å². The molecule has 1 heteroatoms. The van der Waals surface area contributed by atoms with Crippen molar-refractivity contribution in [2.24, 2.45) is 0 Å². The van der Waals surface area contributed by atoms with Gasteiger partial charge in [0.2, 0.25) is 0 Å². The predicted octanol–water partition coefficient (Wildman–Crippen LogP) is 9.56. The molecule has 0 bridgehead atoms. The molecule has 0 aromatic heterocycles. The molecular formula is C37H26O. The zero-order valence-electron chi connectivity index (χ0n) is 20.9. The van der Waals surface area contributed by atoms with E-state index in [0.29, 0.717) is 0 Å². The van der Waals surface area contributed by atoms with Gasteiger partial charge in [0.05, 0.1) is 0 Å². The Hall–Kier alpha value is -5.01. The van der Waals surface area contributed by atoms with E-state index in [1.54, 1.807) is 0 Å². The number of ketones is 1. The Morgan fingerprint density at radius 3 is 1.24 bits per heavy atom. The van der Waals surface area contributed by atoms with Crippen LogP contribution in [-0.2, 0) is 0 Å². The van der Waals surface area contributed by atoms with Crippen LogP contribution in [0.15, 0.2) is 133 Å². The molecule has 0 heterocycles. The Kier molecular flexibility index (Phi) is 6.49. The van der Waals surface area contributed by atoms with Crippen molar-refractivity contribution in [3.63, 3.8) is 0 Å². The summed E-state index contributed by atoms with van der Waals surface area (Å²) in [6, 6.07) is 44.9. The first-order chi connectivity index (χ1) is 18.8. The molecule has 6 aromatic carbocycles. The molecule has 38 heavy (non-hydrogen) atoms. The van der Waals surface area contributed by atoms with Crippen molar-refractivity contribution in [2.75, 3.05) is 0 Å². The normalized spacial score (nSPS) is 11.6. The lowest BCUT2D eigenvalue weighted by molar-refractivity contribution is 0.104. The maximum Gasteiger partial charge on any atom is 0.195 e. The summed E-state index contributed by atoms with van der Waals surface area (Å²) in [4.78, 5) is 14.7. The monoisotopic (exact) mass is 486 g/mol. The number of hydrogen-bond acceptors (Lipinski definition) is 1. The fourth-order valence-corrected chi connectivity index (χ4v) is 4.99. The summed E-state index contributed by atoms with van der Waals surface area (Å²) in [7, 11) is 0. The lowest BCUT2D eigenvalue weighted by Crippen LogP contribution is -2.08. The van der Waals surface area contributed by atoms with Crippen LogP contribution < -0.4 is 0 Å². The first-order valence-electron chi connectivity index (χ1n) is 12.8. The lowest BCUT2D eigenvalue weighted by Gasteiger charge is -2.14. The summed E-state index contributed by atoms with van der Waals surface area (Å²) in [5, 5.41) is 4.01. The Balaban J connectivity index is 1.56. The third kappa shape index (κ3) is 4.70. The van der Waals surface area contributed by atoms with E-state index in [1.807, 2.05) is 72.8 Å². The van der Waals surface area contributed by atoms with E-state index in [9.17, 15) is 4.79 Å². The number of carbonyl (C=O) groups is 1. The van der Waals surface area contributed by atoms with Gasteiger partial charge in [-0.2, -0.15) is 0 Å². The molecule has 0 saturated heterocycles. The van der Waals surface area contributed by atoms with Crippen LogP contribution in [0.1, 0.15) is 38.2 Å². The van der Waals surface area contributed by atoms with Crippen molar-refractivity contribution in [3.05, 3.63) is 167 Å². The summed E-state index contributed by atoms with van der Waals surface area (Å²) < 4.78 is 0. The number of benzene rings is 6. The van der Waals surface area contributed by atoms with Crippen LogP contribution >= 0.6 is 0 Å². The standard InChI is InChI=1S/C37H26O/c38-37(35-31(21-19-27-11-3-1-4-12-27)25-23-29-15-7-9-17-33(29)35)36-32(22-20-28-13-5-2-6-14-28)26-24-30-16-8-10-18-34(30)36/h1-26H/b21-19+,22-20+. The molecule has 0 amide bonds. The summed E-state index contributed by atoms with van der Waals surface area (Å²) in [5.74, 6) is 0.0269. The van der Waals surface area contributed by atoms with Gasteiger partial charge in [-0.05, 0) is 43.8 Å². The zero-order chi connectivity index (χ0) is 25.7. The van der Waals surface area contributed by atoms with Gasteiger partial charge in [-0.15, -0.1) is 0 Å². The van der Waals surface area contributed by atoms with Crippen LogP contribution in [0.2, 0.25) is 0 Å². The second-order valence-corrected chi connectivity index (χ2v) is 9.32. The van der Waals surface area contributed by atoms with Crippen LogP contribution in [0, 0.1) is 0 Å². The van der Waals surface area contributed by atoms with Gasteiger partial charge in [-0.25, -0.2) is 0 Å². The highest BCUT2D eigenvalue weighted by Crippen LogP contribution is 2.32. The van der Waals surface area contributed by atoms with E-state index in [-0.39, 0.29) is 5.78 Å². The first-order valence-corrected chi connectivity index (χ1v) is 12.8. The van der Waals surface area contributed by atoms with Crippen LogP contribution in [0.5, 0.6) is 0 Å². The molecule has 1 nitrogen and oxygen atoms in total. The highest BCUT2D eigenvalue weighted by Gasteiger charge is 2.21. The molecule has 0 radical (unpaired) electrons. The minimum Gasteiger partial charge on any atom is -0.289 e. The molecule has 6 rings (SSSR count). The summed E-state index contributed by atoms with van der Waals surface area (Å²) in [5.41, 5.74) is 5.44. The molecular weight excluding hydrogens is 460 g/mol. The molecule has 0 aliphatic carbocycles. The maximum absolute atomic E-state index is 14.7. The molecule has 0 atom stereocenters. The van der Waals surface area contributed by atoms with Gasteiger partial charge < -0.3 is 0 Å². The van der Waals surface area contributed by atoms with Gasteiger partial charge in [0.25, 0.3) is 0 Å². The SMILES string of the molecule is O=C(c1c(/C=C/c2ccccc2)ccc2ccccc12)c1c(/C=C/c2ccccc2)ccc2ccccc12. The predicted molar refractivity (Wildman–Crippen MR) is 162 cm³/mol. The molecule has 0 fully saturated rings. The molecule has 0 unspecified atom stereocenters. The van der Waals surface area contributed by atoms with Crippen molar-refractivity contribution >= 4 is 51.6 Å². The van der Waals surface area contributed by atoms with Crippen molar-refractivity contribution in [2.45, 2.75) is 0 Å². The highest BCUT2D eigenvalue weighted by molar-refractivity contribution is 6.24. The summed E-state index contributed by atoms with van der Waals surface area (Å²) >= 11 is 0. The summed E-state index contributed by atoms with van der Waals surface area (Å²) in [6.45, 7) is 0. The van der Waals surface area contributed by atoms with Gasteiger partial charge in [-0.1, -0.05) is 158 Å². The fourth-order valence-electron chi connectivity index (χ4n) is 4.99. The van der Waals surface area contributed by atoms with Crippen molar-refractivity contribution < 1.29 is 4.79 Å². The van der Waals surface area contributed by atoms with Crippen LogP contribution in [0.25, 0.3) is 45.8 Å². The van der Waals surface area contributed by atoms with Crippen molar-refractivity contribution in [1.82, 2.24) is 0 Å². The molecule has 0 spiro atoms. The quantitative estimate of drug-likeness (QED) is 0.169. The Morgan fingerprint density at radius 2 is 0.789 bits per heavy atom. The molecule has 180 valence electrons. The lowest BCUT2D eigenvalue weighted by atomic mass is 9.87. The number of fused-ring (bicyclic) bond motifs is 2. The van der Waals surface area contributed by atoms with Crippen LogP contribution in [0.4, 0.5) is 0 Å². The highest BCUT2D eigenvalue weighted by atomic mass is 16.1. The van der Waals surface area contributed by atoms with Crippen molar-refractivity contribution in [3.8, 4) is 0 Å². The van der Waals surface area contributed by atoms with E-state index in [2.05, 4.69) is 85.0 Å². The fraction of sp³-hybridized carbons (Fsp3) is 0. The third-order valence-corrected chi connectivity index (χ3v) is 6.89. The Bertz CT molecular complexity index is 1670. The van der Waals surface area contributed by atoms with E-state index < -0.39 is 0 Å². The topological polar surface area (TPSA) is 17.1 Å². The number of rotatable bonds is 6. The molecule has 0 saturated carbocycles. The average Bonchev–Trinajstić information content (AvgIpc) is 2.99. The van der Waals surface area contributed by atoms with Gasteiger partial charge in [0.15, 0.2) is 5.78 Å². The average molecular weight is 487 g/mol.